The first kappa shape index (κ1) is 13.7. The van der Waals surface area contributed by atoms with Crippen LogP contribution in [-0.4, -0.2) is 10.2 Å². The largest absolute Gasteiger partial charge is 0.294 e. The van der Waals surface area contributed by atoms with Gasteiger partial charge < -0.3 is 0 Å². The lowest BCUT2D eigenvalue weighted by molar-refractivity contribution is 0.0982. The zero-order valence-corrected chi connectivity index (χ0v) is 12.0. The molecule has 0 amide bonds. The fraction of sp³-hybridized carbons (Fsp3) is 0.500. The molecule has 0 unspecified atom stereocenters. The molecule has 0 saturated carbocycles. The van der Waals surface area contributed by atoms with Crippen molar-refractivity contribution < 1.29 is 4.79 Å². The van der Waals surface area contributed by atoms with Crippen LogP contribution in [0.15, 0.2) is 24.3 Å². The Hall–Kier alpha value is -0.380. The Balaban J connectivity index is 2.53. The summed E-state index contributed by atoms with van der Waals surface area (Å²) in [7, 11) is 0. The molecule has 0 bridgehead atoms. The van der Waals surface area contributed by atoms with Crippen LogP contribution in [0.5, 0.6) is 0 Å². The average molecular weight is 330 g/mol. The number of halogens is 1. The predicted molar refractivity (Wildman–Crippen MR) is 77.5 cm³/mol. The summed E-state index contributed by atoms with van der Waals surface area (Å²) in [6, 6.07) is 8.13. The van der Waals surface area contributed by atoms with Gasteiger partial charge in [0, 0.05) is 12.0 Å². The number of carbonyl (C=O) groups excluding carboxylic acids is 1. The fourth-order valence-electron chi connectivity index (χ4n) is 1.61. The second-order valence-corrected chi connectivity index (χ2v) is 5.09. The van der Waals surface area contributed by atoms with Crippen LogP contribution >= 0.6 is 22.6 Å². The van der Waals surface area contributed by atoms with E-state index in [0.717, 1.165) is 22.8 Å². The molecule has 1 aromatic rings. The van der Waals surface area contributed by atoms with Gasteiger partial charge in [-0.25, -0.2) is 0 Å². The number of alkyl halides is 1. The lowest BCUT2D eigenvalue weighted by atomic mass is 10.0. The van der Waals surface area contributed by atoms with Gasteiger partial charge in [-0.1, -0.05) is 60.2 Å². The van der Waals surface area contributed by atoms with E-state index in [4.69, 9.17) is 0 Å². The minimum Gasteiger partial charge on any atom is -0.294 e. The van der Waals surface area contributed by atoms with Crippen molar-refractivity contribution in [3.63, 3.8) is 0 Å². The highest BCUT2D eigenvalue weighted by Gasteiger charge is 2.04. The van der Waals surface area contributed by atoms with E-state index in [1.165, 1.54) is 18.4 Å². The summed E-state index contributed by atoms with van der Waals surface area (Å²) in [5.41, 5.74) is 2.21. The van der Waals surface area contributed by atoms with Crippen LogP contribution in [0.2, 0.25) is 0 Å². The van der Waals surface area contributed by atoms with Crippen molar-refractivity contribution in [3.8, 4) is 0 Å². The number of rotatable bonds is 7. The number of unbranched alkanes of at least 4 members (excludes halogenated alkanes) is 1. The van der Waals surface area contributed by atoms with Crippen molar-refractivity contribution in [2.75, 3.05) is 4.43 Å². The molecule has 0 aliphatic rings. The molecule has 1 nitrogen and oxygen atoms in total. The number of benzene rings is 1. The molecule has 0 fully saturated rings. The van der Waals surface area contributed by atoms with E-state index in [9.17, 15) is 4.79 Å². The highest BCUT2D eigenvalue weighted by atomic mass is 127. The van der Waals surface area contributed by atoms with Gasteiger partial charge in [0.15, 0.2) is 5.78 Å². The summed E-state index contributed by atoms with van der Waals surface area (Å²) in [5.74, 6) is 0.277. The van der Waals surface area contributed by atoms with Gasteiger partial charge in [-0.3, -0.25) is 4.79 Å². The van der Waals surface area contributed by atoms with Gasteiger partial charge in [-0.15, -0.1) is 0 Å². The predicted octanol–water partition coefficient (Wildman–Crippen LogP) is 4.43. The van der Waals surface area contributed by atoms with Crippen LogP contribution in [0.3, 0.4) is 0 Å². The van der Waals surface area contributed by atoms with E-state index in [0.29, 0.717) is 6.42 Å². The molecule has 0 aliphatic carbocycles. The third kappa shape index (κ3) is 4.64. The number of ketones is 1. The van der Waals surface area contributed by atoms with E-state index in [2.05, 4.69) is 41.6 Å². The van der Waals surface area contributed by atoms with Crippen LogP contribution < -0.4 is 0 Å². The van der Waals surface area contributed by atoms with Gasteiger partial charge in [0.25, 0.3) is 0 Å². The first-order valence-corrected chi connectivity index (χ1v) is 7.48. The SMILES string of the molecule is CCCCc1ccc(C(=O)CCCI)cc1. The molecule has 0 atom stereocenters. The Labute approximate surface area is 112 Å². The molecule has 0 saturated heterocycles. The maximum absolute atomic E-state index is 11.7. The van der Waals surface area contributed by atoms with Gasteiger partial charge in [0.1, 0.15) is 0 Å². The van der Waals surface area contributed by atoms with Crippen LogP contribution in [-0.2, 0) is 6.42 Å². The molecule has 0 aliphatic heterocycles. The fourth-order valence-corrected chi connectivity index (χ4v) is 1.99. The molecule has 0 N–H and O–H groups in total. The first-order valence-electron chi connectivity index (χ1n) is 5.96. The molecule has 88 valence electrons. The molecular formula is C14H19IO. The van der Waals surface area contributed by atoms with E-state index in [1.54, 1.807) is 0 Å². The smallest absolute Gasteiger partial charge is 0.162 e. The number of hydrogen-bond acceptors (Lipinski definition) is 1. The monoisotopic (exact) mass is 330 g/mol. The van der Waals surface area contributed by atoms with Crippen LogP contribution in [0, 0.1) is 0 Å². The lowest BCUT2D eigenvalue weighted by Gasteiger charge is -2.02. The summed E-state index contributed by atoms with van der Waals surface area (Å²) < 4.78 is 1.05. The molecule has 0 aromatic heterocycles. The Morgan fingerprint density at radius 3 is 2.44 bits per heavy atom. The van der Waals surface area contributed by atoms with Crippen molar-refractivity contribution in [3.05, 3.63) is 35.4 Å². The zero-order valence-electron chi connectivity index (χ0n) is 9.84. The highest BCUT2D eigenvalue weighted by molar-refractivity contribution is 14.1. The summed E-state index contributed by atoms with van der Waals surface area (Å²) >= 11 is 2.31. The van der Waals surface area contributed by atoms with Gasteiger partial charge in [0.2, 0.25) is 0 Å². The van der Waals surface area contributed by atoms with E-state index in [-0.39, 0.29) is 5.78 Å². The molecule has 0 heterocycles. The molecule has 16 heavy (non-hydrogen) atoms. The molecule has 0 spiro atoms. The zero-order chi connectivity index (χ0) is 11.8. The topological polar surface area (TPSA) is 17.1 Å². The molecule has 1 aromatic carbocycles. The van der Waals surface area contributed by atoms with Crippen molar-refractivity contribution in [2.24, 2.45) is 0 Å². The second-order valence-electron chi connectivity index (χ2n) is 4.02. The average Bonchev–Trinajstić information content (AvgIpc) is 2.34. The molecule has 0 radical (unpaired) electrons. The number of carbonyl (C=O) groups is 1. The first-order chi connectivity index (χ1) is 7.77. The Morgan fingerprint density at radius 1 is 1.19 bits per heavy atom. The lowest BCUT2D eigenvalue weighted by Crippen LogP contribution is -1.99. The summed E-state index contributed by atoms with van der Waals surface area (Å²) in [6.07, 6.45) is 5.23. The Bertz CT molecular complexity index is 316. The van der Waals surface area contributed by atoms with E-state index >= 15 is 0 Å². The maximum atomic E-state index is 11.7. The number of hydrogen-bond donors (Lipinski definition) is 0. The third-order valence-corrected chi connectivity index (χ3v) is 3.40. The third-order valence-electron chi connectivity index (χ3n) is 2.63. The number of aryl methyl sites for hydroxylation is 1. The minimum absolute atomic E-state index is 0.277. The van der Waals surface area contributed by atoms with Crippen molar-refractivity contribution in [2.45, 2.75) is 39.0 Å². The van der Waals surface area contributed by atoms with Crippen molar-refractivity contribution in [1.82, 2.24) is 0 Å². The van der Waals surface area contributed by atoms with Crippen LogP contribution in [0.4, 0.5) is 0 Å². The van der Waals surface area contributed by atoms with Crippen LogP contribution in [0.1, 0.15) is 48.5 Å². The standard InChI is InChI=1S/C14H19IO/c1-2-3-5-12-7-9-13(10-8-12)14(16)6-4-11-15/h7-10H,2-6,11H2,1H3. The molecule has 2 heteroatoms. The number of Topliss-reactive ketones (excluding diaryl/α,β-unsaturated/α-hetero) is 1. The van der Waals surface area contributed by atoms with Gasteiger partial charge in [-0.2, -0.15) is 0 Å². The minimum atomic E-state index is 0.277. The summed E-state index contributed by atoms with van der Waals surface area (Å²) in [4.78, 5) is 11.7. The summed E-state index contributed by atoms with van der Waals surface area (Å²) in [6.45, 7) is 2.20. The second kappa shape index (κ2) is 7.82. The Kier molecular flexibility index (Phi) is 6.69. The highest BCUT2D eigenvalue weighted by Crippen LogP contribution is 2.11. The van der Waals surface area contributed by atoms with Gasteiger partial charge in [-0.05, 0) is 29.3 Å². The van der Waals surface area contributed by atoms with E-state index in [1.807, 2.05) is 12.1 Å². The summed E-state index contributed by atoms with van der Waals surface area (Å²) in [5, 5.41) is 0. The van der Waals surface area contributed by atoms with Crippen molar-refractivity contribution in [1.29, 1.82) is 0 Å². The quantitative estimate of drug-likeness (QED) is 0.411. The molecule has 1 rings (SSSR count). The van der Waals surface area contributed by atoms with Gasteiger partial charge >= 0.3 is 0 Å². The normalized spacial score (nSPS) is 10.4. The Morgan fingerprint density at radius 2 is 1.88 bits per heavy atom. The van der Waals surface area contributed by atoms with Crippen LogP contribution in [0.25, 0.3) is 0 Å². The van der Waals surface area contributed by atoms with Crippen molar-refractivity contribution >= 4 is 28.4 Å². The van der Waals surface area contributed by atoms with E-state index < -0.39 is 0 Å². The maximum Gasteiger partial charge on any atom is 0.162 e. The van der Waals surface area contributed by atoms with Gasteiger partial charge in [0.05, 0.1) is 0 Å². The molecular weight excluding hydrogens is 311 g/mol.